The van der Waals surface area contributed by atoms with Gasteiger partial charge in [-0.05, 0) is 62.0 Å². The topological polar surface area (TPSA) is 102 Å². The highest BCUT2D eigenvalue weighted by Gasteiger charge is 2.24. The van der Waals surface area contributed by atoms with Crippen molar-refractivity contribution in [2.24, 2.45) is 0 Å². The molecule has 1 fully saturated rings. The van der Waals surface area contributed by atoms with Gasteiger partial charge in [-0.3, -0.25) is 9.48 Å². The van der Waals surface area contributed by atoms with Crippen LogP contribution in [0.4, 0.5) is 5.82 Å². The van der Waals surface area contributed by atoms with Gasteiger partial charge in [0.15, 0.2) is 17.4 Å². The van der Waals surface area contributed by atoms with Gasteiger partial charge in [-0.2, -0.15) is 5.10 Å². The monoisotopic (exact) mass is 453 g/mol. The van der Waals surface area contributed by atoms with Gasteiger partial charge in [-0.15, -0.1) is 10.2 Å². The van der Waals surface area contributed by atoms with Crippen molar-refractivity contribution in [2.75, 3.05) is 25.5 Å². The van der Waals surface area contributed by atoms with Crippen molar-refractivity contribution in [3.05, 3.63) is 54.5 Å². The summed E-state index contributed by atoms with van der Waals surface area (Å²) in [6.07, 6.45) is 7.26. The molecular formula is C22H26B3N7O2. The van der Waals surface area contributed by atoms with Crippen molar-refractivity contribution < 1.29 is 9.21 Å². The van der Waals surface area contributed by atoms with E-state index in [2.05, 4.69) is 61.1 Å². The fourth-order valence-electron chi connectivity index (χ4n) is 4.14. The lowest BCUT2D eigenvalue weighted by atomic mass is 9.49. The van der Waals surface area contributed by atoms with Crippen LogP contribution in [0, 0.1) is 0 Å². The normalized spacial score (nSPS) is 15.6. The summed E-state index contributed by atoms with van der Waals surface area (Å²) in [6, 6.07) is 7.76. The van der Waals surface area contributed by atoms with Crippen LogP contribution in [0.5, 0.6) is 0 Å². The third-order valence-corrected chi connectivity index (χ3v) is 6.25. The largest absolute Gasteiger partial charge is 0.448 e. The van der Waals surface area contributed by atoms with Gasteiger partial charge in [0, 0.05) is 23.1 Å². The average molecular weight is 453 g/mol. The van der Waals surface area contributed by atoms with E-state index in [4.69, 9.17) is 4.42 Å². The fourth-order valence-corrected chi connectivity index (χ4v) is 4.14. The number of carbonyl (C=O) groups excluding carboxylic acids is 1. The van der Waals surface area contributed by atoms with Crippen molar-refractivity contribution in [2.45, 2.75) is 24.0 Å². The molecule has 0 saturated carbocycles. The quantitative estimate of drug-likeness (QED) is 0.425. The molecule has 0 aliphatic carbocycles. The molecule has 3 aromatic heterocycles. The number of piperidine rings is 1. The summed E-state index contributed by atoms with van der Waals surface area (Å²) in [5.74, 6) is 0.880. The van der Waals surface area contributed by atoms with Crippen LogP contribution in [0.1, 0.15) is 35.1 Å². The van der Waals surface area contributed by atoms with Crippen LogP contribution in [0.3, 0.4) is 0 Å². The molecule has 170 valence electrons. The SMILES string of the molecule is BC(B)(B)n1cc(-c2ccc3nnc(NC(=O)c4coc(C5CCN(C)CC5)n4)cc3c2)cn1. The summed E-state index contributed by atoms with van der Waals surface area (Å²) in [4.78, 5) is 19.5. The summed E-state index contributed by atoms with van der Waals surface area (Å²) >= 11 is 0. The van der Waals surface area contributed by atoms with Crippen LogP contribution < -0.4 is 5.32 Å². The van der Waals surface area contributed by atoms with Crippen LogP contribution in [0.25, 0.3) is 22.0 Å². The lowest BCUT2D eigenvalue weighted by Gasteiger charge is -2.26. The molecule has 9 nitrogen and oxygen atoms in total. The minimum Gasteiger partial charge on any atom is -0.448 e. The van der Waals surface area contributed by atoms with Crippen LogP contribution in [0.2, 0.25) is 0 Å². The molecule has 1 saturated heterocycles. The first-order chi connectivity index (χ1) is 16.3. The smallest absolute Gasteiger partial charge is 0.278 e. The number of hydrogen-bond acceptors (Lipinski definition) is 7. The first-order valence-corrected chi connectivity index (χ1v) is 11.5. The number of benzene rings is 1. The van der Waals surface area contributed by atoms with E-state index >= 15 is 0 Å². The van der Waals surface area contributed by atoms with Crippen molar-refractivity contribution in [1.29, 1.82) is 0 Å². The maximum absolute atomic E-state index is 12.8. The predicted molar refractivity (Wildman–Crippen MR) is 138 cm³/mol. The second-order valence-corrected chi connectivity index (χ2v) is 9.95. The van der Waals surface area contributed by atoms with E-state index in [1.54, 1.807) is 0 Å². The molecule has 4 aromatic rings. The number of nitrogens with zero attached hydrogens (tertiary/aromatic N) is 6. The Morgan fingerprint density at radius 1 is 1.15 bits per heavy atom. The van der Waals surface area contributed by atoms with Gasteiger partial charge in [0.25, 0.3) is 5.91 Å². The molecule has 0 radical (unpaired) electrons. The highest BCUT2D eigenvalue weighted by molar-refractivity contribution is 6.56. The van der Waals surface area contributed by atoms with Crippen LogP contribution >= 0.6 is 0 Å². The molecule has 1 N–H and O–H groups in total. The highest BCUT2D eigenvalue weighted by Crippen LogP contribution is 2.27. The molecule has 0 atom stereocenters. The minimum atomic E-state index is -0.362. The number of amides is 1. The molecule has 4 heterocycles. The van der Waals surface area contributed by atoms with E-state index in [-0.39, 0.29) is 22.8 Å². The zero-order valence-corrected chi connectivity index (χ0v) is 19.9. The molecular weight excluding hydrogens is 427 g/mol. The number of likely N-dealkylation sites (tertiary alicyclic amines) is 1. The molecule has 0 spiro atoms. The molecule has 12 heteroatoms. The number of fused-ring (bicyclic) bond motifs is 1. The summed E-state index contributed by atoms with van der Waals surface area (Å²) in [5, 5.41) is 16.5. The van der Waals surface area contributed by atoms with Crippen LogP contribution in [0.15, 0.2) is 47.3 Å². The molecule has 1 aliphatic heterocycles. The van der Waals surface area contributed by atoms with E-state index in [9.17, 15) is 4.79 Å². The summed E-state index contributed by atoms with van der Waals surface area (Å²) in [7, 11) is 8.44. The Balaban J connectivity index is 1.33. The van der Waals surface area contributed by atoms with Gasteiger partial charge in [-0.1, -0.05) is 6.07 Å². The maximum atomic E-state index is 12.8. The van der Waals surface area contributed by atoms with Gasteiger partial charge < -0.3 is 14.6 Å². The maximum Gasteiger partial charge on any atom is 0.278 e. The molecule has 1 amide bonds. The van der Waals surface area contributed by atoms with Crippen LogP contribution in [-0.4, -0.2) is 79.4 Å². The number of rotatable bonds is 5. The molecule has 1 aliphatic rings. The first kappa shape index (κ1) is 22.4. The third kappa shape index (κ3) is 4.63. The van der Waals surface area contributed by atoms with Gasteiger partial charge in [0.05, 0.1) is 11.7 Å². The summed E-state index contributed by atoms with van der Waals surface area (Å²) in [5.41, 5.74) is 3.03. The van der Waals surface area contributed by atoms with Gasteiger partial charge in [0.2, 0.25) is 0 Å². The van der Waals surface area contributed by atoms with E-state index in [0.29, 0.717) is 11.7 Å². The van der Waals surface area contributed by atoms with Crippen molar-refractivity contribution in [3.8, 4) is 11.1 Å². The average Bonchev–Trinajstić information content (AvgIpc) is 3.49. The zero-order valence-electron chi connectivity index (χ0n) is 19.9. The third-order valence-electron chi connectivity index (χ3n) is 6.25. The predicted octanol–water partition coefficient (Wildman–Crippen LogP) is 0.00990. The van der Waals surface area contributed by atoms with E-state index in [1.807, 2.05) is 41.3 Å². The Hall–Kier alpha value is -3.40. The number of hydrogen-bond donors (Lipinski definition) is 1. The molecule has 1 aromatic carbocycles. The molecule has 5 rings (SSSR count). The van der Waals surface area contributed by atoms with E-state index in [0.717, 1.165) is 48.0 Å². The number of oxazole rings is 1. The lowest BCUT2D eigenvalue weighted by Crippen LogP contribution is -2.35. The van der Waals surface area contributed by atoms with Gasteiger partial charge >= 0.3 is 0 Å². The number of aromatic nitrogens is 5. The van der Waals surface area contributed by atoms with E-state index in [1.165, 1.54) is 6.26 Å². The molecule has 0 bridgehead atoms. The Morgan fingerprint density at radius 3 is 2.68 bits per heavy atom. The molecule has 34 heavy (non-hydrogen) atoms. The van der Waals surface area contributed by atoms with Crippen molar-refractivity contribution in [1.82, 2.24) is 29.9 Å². The molecule has 0 unspecified atom stereocenters. The Bertz CT molecular complexity index is 1340. The standard InChI is InChI=1S/C22H26B3N7O2/c1-31-6-4-13(5-7-31)21-27-18(12-34-21)20(33)28-19-9-15-8-14(2-3-17(15)29-30-19)16-10-26-32(11-16)22(23,24)25/h2-3,8-13H,4-7,23-25H2,1H3,(H,28,30,33). The second kappa shape index (κ2) is 8.75. The van der Waals surface area contributed by atoms with Crippen molar-refractivity contribution >= 4 is 46.2 Å². The van der Waals surface area contributed by atoms with Gasteiger partial charge in [-0.25, -0.2) is 4.98 Å². The number of nitrogens with one attached hydrogen (secondary N) is 1. The number of anilines is 1. The zero-order chi connectivity index (χ0) is 23.9. The minimum absolute atomic E-state index is 0.0909. The van der Waals surface area contributed by atoms with Crippen LogP contribution in [-0.2, 0) is 5.24 Å². The summed E-state index contributed by atoms with van der Waals surface area (Å²) in [6.45, 7) is 2.00. The Kier molecular flexibility index (Phi) is 5.77. The first-order valence-electron chi connectivity index (χ1n) is 11.5. The van der Waals surface area contributed by atoms with E-state index < -0.39 is 0 Å². The van der Waals surface area contributed by atoms with Crippen molar-refractivity contribution in [3.63, 3.8) is 0 Å². The highest BCUT2D eigenvalue weighted by atomic mass is 16.3. The number of carbonyl (C=O) groups is 1. The second-order valence-electron chi connectivity index (χ2n) is 9.95. The Labute approximate surface area is 200 Å². The lowest BCUT2D eigenvalue weighted by molar-refractivity contribution is 0.102. The summed E-state index contributed by atoms with van der Waals surface area (Å²) < 4.78 is 7.57. The van der Waals surface area contributed by atoms with Gasteiger partial charge in [0.1, 0.15) is 29.8 Å². The fraction of sp³-hybridized carbons (Fsp3) is 0.318. The Morgan fingerprint density at radius 2 is 1.94 bits per heavy atom.